The molecule has 2 aromatic carbocycles. The molecule has 10 heteroatoms. The first-order chi connectivity index (χ1) is 14.9. The highest BCUT2D eigenvalue weighted by Crippen LogP contribution is 2.36. The van der Waals surface area contributed by atoms with Crippen molar-refractivity contribution in [3.05, 3.63) is 76.9 Å². The molecule has 0 spiro atoms. The lowest BCUT2D eigenvalue weighted by Gasteiger charge is -2.16. The van der Waals surface area contributed by atoms with Crippen LogP contribution in [0.25, 0.3) is 6.08 Å². The molecule has 1 amide bonds. The number of carbonyl (C=O) groups is 2. The van der Waals surface area contributed by atoms with Gasteiger partial charge in [-0.1, -0.05) is 42.5 Å². The second kappa shape index (κ2) is 10.3. The Kier molecular flexibility index (Phi) is 8.07. The average Bonchev–Trinajstić information content (AvgIpc) is 2.71. The maximum Gasteiger partial charge on any atom is 0.416 e. The number of nitrogens with one attached hydrogen (secondary N) is 1. The molecule has 0 bridgehead atoms. The molecule has 0 radical (unpaired) electrons. The van der Waals surface area contributed by atoms with Crippen LogP contribution in [0, 0.1) is 0 Å². The fourth-order valence-electron chi connectivity index (χ4n) is 2.81. The van der Waals surface area contributed by atoms with Gasteiger partial charge in [0.1, 0.15) is 6.04 Å². The first kappa shape index (κ1) is 25.0. The van der Waals surface area contributed by atoms with Crippen molar-refractivity contribution in [3.8, 4) is 0 Å². The largest absolute Gasteiger partial charge is 0.467 e. The summed E-state index contributed by atoms with van der Waals surface area (Å²) < 4.78 is 82.5. The lowest BCUT2D eigenvalue weighted by Crippen LogP contribution is -2.41. The number of carbonyl (C=O) groups excluding carboxylic acids is 2. The van der Waals surface area contributed by atoms with Gasteiger partial charge in [-0.2, -0.15) is 26.3 Å². The Hall–Kier alpha value is -3.30. The van der Waals surface area contributed by atoms with Crippen LogP contribution in [0.1, 0.15) is 28.7 Å². The van der Waals surface area contributed by atoms with Crippen molar-refractivity contribution in [2.75, 3.05) is 7.11 Å². The van der Waals surface area contributed by atoms with E-state index in [0.717, 1.165) is 12.7 Å². The fraction of sp³-hybridized carbons (Fsp3) is 0.273. The van der Waals surface area contributed by atoms with Crippen molar-refractivity contribution in [3.63, 3.8) is 0 Å². The number of rotatable bonds is 7. The van der Waals surface area contributed by atoms with Gasteiger partial charge in [-0.3, -0.25) is 4.79 Å². The predicted molar refractivity (Wildman–Crippen MR) is 104 cm³/mol. The van der Waals surface area contributed by atoms with Crippen molar-refractivity contribution in [1.82, 2.24) is 5.32 Å². The van der Waals surface area contributed by atoms with E-state index in [1.807, 2.05) is 6.07 Å². The van der Waals surface area contributed by atoms with Gasteiger partial charge in [0, 0.05) is 0 Å². The van der Waals surface area contributed by atoms with E-state index in [1.165, 1.54) is 0 Å². The molecule has 2 aromatic rings. The highest BCUT2D eigenvalue weighted by Gasteiger charge is 2.37. The fourth-order valence-corrected chi connectivity index (χ4v) is 2.81. The summed E-state index contributed by atoms with van der Waals surface area (Å²) in [5.74, 6) is -1.74. The molecular formula is C22H19F6NO3. The minimum atomic E-state index is -5.02. The summed E-state index contributed by atoms with van der Waals surface area (Å²) in [5, 5.41) is 2.29. The molecule has 2 rings (SSSR count). The van der Waals surface area contributed by atoms with Crippen molar-refractivity contribution in [1.29, 1.82) is 0 Å². The molecule has 172 valence electrons. The molecule has 0 heterocycles. The number of esters is 1. The predicted octanol–water partition coefficient (Wildman–Crippen LogP) is 5.03. The van der Waals surface area contributed by atoms with Crippen LogP contribution in [0.5, 0.6) is 0 Å². The quantitative estimate of drug-likeness (QED) is 0.467. The molecule has 0 aliphatic heterocycles. The normalized spacial score (nSPS) is 13.1. The number of methoxy groups -OCH3 is 1. The zero-order chi connectivity index (χ0) is 23.9. The summed E-state index contributed by atoms with van der Waals surface area (Å²) in [7, 11) is 1.09. The molecule has 0 aliphatic carbocycles. The van der Waals surface area contributed by atoms with E-state index in [1.54, 1.807) is 36.4 Å². The van der Waals surface area contributed by atoms with Gasteiger partial charge in [-0.15, -0.1) is 0 Å². The summed E-state index contributed by atoms with van der Waals surface area (Å²) in [4.78, 5) is 24.2. The number of halogens is 6. The van der Waals surface area contributed by atoms with Gasteiger partial charge in [0.2, 0.25) is 5.91 Å². The number of benzene rings is 2. The van der Waals surface area contributed by atoms with E-state index in [-0.39, 0.29) is 12.5 Å². The molecular weight excluding hydrogens is 440 g/mol. The average molecular weight is 459 g/mol. The maximum atomic E-state index is 13.0. The molecule has 4 nitrogen and oxygen atoms in total. The zero-order valence-electron chi connectivity index (χ0n) is 16.8. The van der Waals surface area contributed by atoms with E-state index in [4.69, 9.17) is 0 Å². The van der Waals surface area contributed by atoms with Gasteiger partial charge >= 0.3 is 18.3 Å². The van der Waals surface area contributed by atoms with Crippen LogP contribution in [0.2, 0.25) is 0 Å². The second-order valence-electron chi connectivity index (χ2n) is 6.78. The Morgan fingerprint density at radius 1 is 0.969 bits per heavy atom. The Bertz CT molecular complexity index is 936. The first-order valence-electron chi connectivity index (χ1n) is 9.27. The van der Waals surface area contributed by atoms with Crippen molar-refractivity contribution in [2.24, 2.45) is 0 Å². The van der Waals surface area contributed by atoms with Gasteiger partial charge in [-0.25, -0.2) is 4.79 Å². The van der Waals surface area contributed by atoms with Crippen LogP contribution in [0.3, 0.4) is 0 Å². The third-order valence-corrected chi connectivity index (χ3v) is 4.31. The standard InChI is InChI=1S/C22H19F6NO3/c1-32-20(31)18(9-5-8-14-6-3-2-4-7-14)29-19(30)12-15-10-16(21(23,24)25)13-17(11-15)22(26,27)28/h2-8,10-11,13,18H,9,12H2,1H3,(H,29,30)/b8-5+/t18-/m1/s1. The summed E-state index contributed by atoms with van der Waals surface area (Å²) >= 11 is 0. The van der Waals surface area contributed by atoms with Crippen LogP contribution in [0.15, 0.2) is 54.6 Å². The van der Waals surface area contributed by atoms with Crippen LogP contribution in [-0.2, 0) is 33.1 Å². The highest BCUT2D eigenvalue weighted by atomic mass is 19.4. The third kappa shape index (κ3) is 7.44. The molecule has 0 aliphatic rings. The lowest BCUT2D eigenvalue weighted by molar-refractivity contribution is -0.145. The van der Waals surface area contributed by atoms with Gasteiger partial charge in [0.05, 0.1) is 24.7 Å². The van der Waals surface area contributed by atoms with E-state index >= 15 is 0 Å². The summed E-state index contributed by atoms with van der Waals surface area (Å²) in [6, 6.07) is 8.75. The smallest absolute Gasteiger partial charge is 0.416 e. The Labute approximate surface area is 179 Å². The Balaban J connectivity index is 2.16. The van der Waals surface area contributed by atoms with Crippen LogP contribution >= 0.6 is 0 Å². The molecule has 0 unspecified atom stereocenters. The molecule has 0 fully saturated rings. The van der Waals surface area contributed by atoms with Crippen LogP contribution in [-0.4, -0.2) is 25.0 Å². The molecule has 0 saturated carbocycles. The molecule has 0 saturated heterocycles. The topological polar surface area (TPSA) is 55.4 Å². The van der Waals surface area contributed by atoms with Gasteiger partial charge in [0.15, 0.2) is 0 Å². The first-order valence-corrected chi connectivity index (χ1v) is 9.27. The van der Waals surface area contributed by atoms with Crippen LogP contribution in [0.4, 0.5) is 26.3 Å². The summed E-state index contributed by atoms with van der Waals surface area (Å²) in [6.07, 6.45) is -7.56. The number of ether oxygens (including phenoxy) is 1. The highest BCUT2D eigenvalue weighted by molar-refractivity contribution is 5.85. The number of hydrogen-bond donors (Lipinski definition) is 1. The molecule has 1 N–H and O–H groups in total. The van der Waals surface area contributed by atoms with E-state index in [0.29, 0.717) is 12.1 Å². The van der Waals surface area contributed by atoms with Gasteiger partial charge in [-0.05, 0) is 35.7 Å². The third-order valence-electron chi connectivity index (χ3n) is 4.31. The van der Waals surface area contributed by atoms with Gasteiger partial charge in [0.25, 0.3) is 0 Å². The maximum absolute atomic E-state index is 13.0. The molecule has 32 heavy (non-hydrogen) atoms. The number of amides is 1. The molecule has 0 aromatic heterocycles. The number of alkyl halides is 6. The second-order valence-corrected chi connectivity index (χ2v) is 6.78. The monoisotopic (exact) mass is 459 g/mol. The van der Waals surface area contributed by atoms with Crippen molar-refractivity contribution in [2.45, 2.75) is 31.2 Å². The summed E-state index contributed by atoms with van der Waals surface area (Å²) in [5.41, 5.74) is -2.71. The zero-order valence-corrected chi connectivity index (χ0v) is 16.8. The van der Waals surface area contributed by atoms with Crippen molar-refractivity contribution < 1.29 is 40.7 Å². The molecule has 1 atom stereocenters. The lowest BCUT2D eigenvalue weighted by atomic mass is 10.0. The van der Waals surface area contributed by atoms with Crippen molar-refractivity contribution >= 4 is 18.0 Å². The minimum Gasteiger partial charge on any atom is -0.467 e. The van der Waals surface area contributed by atoms with E-state index < -0.39 is 53.4 Å². The van der Waals surface area contributed by atoms with Crippen LogP contribution < -0.4 is 5.32 Å². The number of hydrogen-bond acceptors (Lipinski definition) is 3. The van der Waals surface area contributed by atoms with E-state index in [9.17, 15) is 35.9 Å². The van der Waals surface area contributed by atoms with Gasteiger partial charge < -0.3 is 10.1 Å². The Morgan fingerprint density at radius 2 is 1.53 bits per heavy atom. The summed E-state index contributed by atoms with van der Waals surface area (Å²) in [6.45, 7) is 0. The Morgan fingerprint density at radius 3 is 2.03 bits per heavy atom. The van der Waals surface area contributed by atoms with E-state index in [2.05, 4.69) is 10.1 Å². The SMILES string of the molecule is COC(=O)[C@@H](C/C=C/c1ccccc1)NC(=O)Cc1cc(C(F)(F)F)cc(C(F)(F)F)c1. The minimum absolute atomic E-state index is 0.00367.